The normalized spacial score (nSPS) is 25.0. The maximum absolute atomic E-state index is 13.1. The molecule has 2 aromatic rings. The molecule has 2 aromatic heterocycles. The van der Waals surface area contributed by atoms with Gasteiger partial charge in [0.15, 0.2) is 0 Å². The Hall–Kier alpha value is -2.38. The third kappa shape index (κ3) is 2.68. The van der Waals surface area contributed by atoms with E-state index < -0.39 is 17.6 Å². The number of nitrogens with two attached hydrogens (primary N) is 1. The summed E-state index contributed by atoms with van der Waals surface area (Å²) >= 11 is 0. The lowest BCUT2D eigenvalue weighted by Crippen LogP contribution is -2.10. The Bertz CT molecular complexity index is 873. The van der Waals surface area contributed by atoms with Gasteiger partial charge in [-0.15, -0.1) is 0 Å². The first-order valence-corrected chi connectivity index (χ1v) is 8.61. The molecule has 2 saturated carbocycles. The first-order valence-electron chi connectivity index (χ1n) is 8.61. The minimum atomic E-state index is -4.57. The molecule has 2 aliphatic rings. The topological polar surface area (TPSA) is 73.8 Å². The minimum absolute atomic E-state index is 0.0691. The number of halogens is 3. The number of nitrogen functional groups attached to an aromatic ring is 1. The number of anilines is 1. The van der Waals surface area contributed by atoms with Crippen molar-refractivity contribution in [1.29, 1.82) is 0 Å². The second-order valence-electron chi connectivity index (χ2n) is 7.45. The molecule has 2 aliphatic carbocycles. The number of hydrogen-bond donors (Lipinski definition) is 1. The van der Waals surface area contributed by atoms with E-state index in [-0.39, 0.29) is 17.5 Å². The van der Waals surface area contributed by atoms with E-state index in [9.17, 15) is 18.0 Å². The van der Waals surface area contributed by atoms with Crippen LogP contribution in [0.1, 0.15) is 49.9 Å². The highest BCUT2D eigenvalue weighted by Crippen LogP contribution is 2.62. The zero-order valence-electron chi connectivity index (χ0n) is 14.4. The lowest BCUT2D eigenvalue weighted by Gasteiger charge is -2.12. The zero-order chi connectivity index (χ0) is 18.8. The molecule has 4 rings (SSSR count). The van der Waals surface area contributed by atoms with Gasteiger partial charge in [-0.3, -0.25) is 9.48 Å². The Labute approximate surface area is 148 Å². The number of ketones is 1. The monoisotopic (exact) mass is 364 g/mol. The molecule has 0 spiro atoms. The average molecular weight is 364 g/mol. The van der Waals surface area contributed by atoms with Crippen LogP contribution >= 0.6 is 0 Å². The molecule has 5 nitrogen and oxygen atoms in total. The SMILES string of the molecule is CC(C)n1nc(-c2cnc(N)c(C(F)(F)F)c2)cc1C1C2CC(=O)CC21. The van der Waals surface area contributed by atoms with Crippen LogP contribution in [0.2, 0.25) is 0 Å². The highest BCUT2D eigenvalue weighted by molar-refractivity contribution is 5.83. The summed E-state index contributed by atoms with van der Waals surface area (Å²) in [5, 5.41) is 4.52. The Kier molecular flexibility index (Phi) is 3.65. The largest absolute Gasteiger partial charge is 0.419 e. The molecule has 0 radical (unpaired) electrons. The predicted molar refractivity (Wildman–Crippen MR) is 89.2 cm³/mol. The average Bonchev–Trinajstić information content (AvgIpc) is 2.91. The summed E-state index contributed by atoms with van der Waals surface area (Å²) < 4.78 is 41.2. The van der Waals surface area contributed by atoms with Crippen molar-refractivity contribution in [3.8, 4) is 11.3 Å². The molecule has 2 N–H and O–H groups in total. The number of hydrogen-bond acceptors (Lipinski definition) is 4. The Morgan fingerprint density at radius 1 is 1.23 bits per heavy atom. The van der Waals surface area contributed by atoms with Gasteiger partial charge in [-0.25, -0.2) is 4.98 Å². The smallest absolute Gasteiger partial charge is 0.383 e. The molecule has 2 atom stereocenters. The highest BCUT2D eigenvalue weighted by atomic mass is 19.4. The fraction of sp³-hybridized carbons (Fsp3) is 0.500. The van der Waals surface area contributed by atoms with Gasteiger partial charge in [0.05, 0.1) is 11.3 Å². The van der Waals surface area contributed by atoms with Gasteiger partial charge in [0, 0.05) is 42.3 Å². The summed E-state index contributed by atoms with van der Waals surface area (Å²) in [7, 11) is 0. The quantitative estimate of drug-likeness (QED) is 0.899. The standard InChI is InChI=1S/C18H19F3N4O/c1-8(2)25-15(16-11-4-10(26)5-12(11)16)6-14(24-25)9-3-13(18(19,20)21)17(22)23-7-9/h3,6-8,11-12,16H,4-5H2,1-2H3,(H2,22,23). The van der Waals surface area contributed by atoms with Crippen molar-refractivity contribution in [3.63, 3.8) is 0 Å². The Morgan fingerprint density at radius 2 is 1.88 bits per heavy atom. The molecule has 8 heteroatoms. The molecule has 0 amide bonds. The highest BCUT2D eigenvalue weighted by Gasteiger charge is 2.57. The summed E-state index contributed by atoms with van der Waals surface area (Å²) in [5.74, 6) is 0.712. The summed E-state index contributed by atoms with van der Waals surface area (Å²) in [6, 6.07) is 2.90. The number of Topliss-reactive ketones (excluding diaryl/α,β-unsaturated/α-hetero) is 1. The number of alkyl halides is 3. The van der Waals surface area contributed by atoms with E-state index in [1.165, 1.54) is 6.20 Å². The van der Waals surface area contributed by atoms with Gasteiger partial charge in [-0.05, 0) is 37.8 Å². The second-order valence-corrected chi connectivity index (χ2v) is 7.45. The molecular formula is C18H19F3N4O. The van der Waals surface area contributed by atoms with Crippen LogP contribution in [0.5, 0.6) is 0 Å². The van der Waals surface area contributed by atoms with Crippen molar-refractivity contribution in [1.82, 2.24) is 14.8 Å². The summed E-state index contributed by atoms with van der Waals surface area (Å²) in [6.45, 7) is 3.96. The van der Waals surface area contributed by atoms with E-state index in [0.29, 0.717) is 36.2 Å². The van der Waals surface area contributed by atoms with Gasteiger partial charge >= 0.3 is 6.18 Å². The van der Waals surface area contributed by atoms with Crippen LogP contribution < -0.4 is 5.73 Å². The fourth-order valence-corrected chi connectivity index (χ4v) is 4.10. The predicted octanol–water partition coefficient (Wildman–Crippen LogP) is 3.82. The molecule has 0 aliphatic heterocycles. The van der Waals surface area contributed by atoms with E-state index >= 15 is 0 Å². The molecule has 2 unspecified atom stereocenters. The van der Waals surface area contributed by atoms with Crippen molar-refractivity contribution in [3.05, 3.63) is 29.6 Å². The third-order valence-electron chi connectivity index (χ3n) is 5.37. The van der Waals surface area contributed by atoms with Gasteiger partial charge in [0.2, 0.25) is 0 Å². The third-order valence-corrected chi connectivity index (χ3v) is 5.37. The van der Waals surface area contributed by atoms with Crippen molar-refractivity contribution in [2.24, 2.45) is 11.8 Å². The lowest BCUT2D eigenvalue weighted by molar-refractivity contribution is -0.137. The van der Waals surface area contributed by atoms with Crippen LogP contribution in [0.3, 0.4) is 0 Å². The van der Waals surface area contributed by atoms with Crippen LogP contribution in [0.4, 0.5) is 19.0 Å². The summed E-state index contributed by atoms with van der Waals surface area (Å²) in [5.41, 5.74) is 6.15. The second kappa shape index (κ2) is 5.56. The van der Waals surface area contributed by atoms with Crippen LogP contribution in [-0.4, -0.2) is 20.5 Å². The number of fused-ring (bicyclic) bond motifs is 1. The molecule has 0 aromatic carbocycles. The maximum Gasteiger partial charge on any atom is 0.419 e. The zero-order valence-corrected chi connectivity index (χ0v) is 14.4. The fourth-order valence-electron chi connectivity index (χ4n) is 4.10. The van der Waals surface area contributed by atoms with Crippen LogP contribution in [0.15, 0.2) is 18.3 Å². The van der Waals surface area contributed by atoms with E-state index in [0.717, 1.165) is 11.8 Å². The molecule has 26 heavy (non-hydrogen) atoms. The first kappa shape index (κ1) is 17.1. The molecular weight excluding hydrogens is 345 g/mol. The Balaban J connectivity index is 1.73. The van der Waals surface area contributed by atoms with Gasteiger partial charge in [-0.2, -0.15) is 18.3 Å². The number of nitrogens with zero attached hydrogens (tertiary/aromatic N) is 3. The van der Waals surface area contributed by atoms with Gasteiger partial charge in [0.25, 0.3) is 0 Å². The molecule has 2 fully saturated rings. The van der Waals surface area contributed by atoms with Gasteiger partial charge in [0.1, 0.15) is 11.6 Å². The van der Waals surface area contributed by atoms with E-state index in [2.05, 4.69) is 10.1 Å². The van der Waals surface area contributed by atoms with Crippen molar-refractivity contribution < 1.29 is 18.0 Å². The maximum atomic E-state index is 13.1. The number of rotatable bonds is 3. The summed E-state index contributed by atoms with van der Waals surface area (Å²) in [4.78, 5) is 15.2. The molecule has 0 bridgehead atoms. The molecule has 2 heterocycles. The first-order chi connectivity index (χ1) is 12.2. The van der Waals surface area contributed by atoms with Crippen LogP contribution in [0.25, 0.3) is 11.3 Å². The number of carbonyl (C=O) groups is 1. The number of carbonyl (C=O) groups excluding carboxylic acids is 1. The van der Waals surface area contributed by atoms with Gasteiger partial charge in [-0.1, -0.05) is 0 Å². The number of aromatic nitrogens is 3. The van der Waals surface area contributed by atoms with Crippen molar-refractivity contribution in [2.45, 2.75) is 44.8 Å². The van der Waals surface area contributed by atoms with Crippen molar-refractivity contribution in [2.75, 3.05) is 5.73 Å². The van der Waals surface area contributed by atoms with Crippen LogP contribution in [0, 0.1) is 11.8 Å². The molecule has 138 valence electrons. The van der Waals surface area contributed by atoms with Gasteiger partial charge < -0.3 is 5.73 Å². The minimum Gasteiger partial charge on any atom is -0.383 e. The lowest BCUT2D eigenvalue weighted by atomic mass is 10.1. The van der Waals surface area contributed by atoms with E-state index in [4.69, 9.17) is 5.73 Å². The van der Waals surface area contributed by atoms with Crippen LogP contribution in [-0.2, 0) is 11.0 Å². The summed E-state index contributed by atoms with van der Waals surface area (Å²) in [6.07, 6.45) is -2.06. The van der Waals surface area contributed by atoms with Crippen molar-refractivity contribution >= 4 is 11.6 Å². The van der Waals surface area contributed by atoms with E-state index in [1.807, 2.05) is 24.6 Å². The molecule has 0 saturated heterocycles. The Morgan fingerprint density at radius 3 is 2.46 bits per heavy atom. The number of pyridine rings is 1. The van der Waals surface area contributed by atoms with E-state index in [1.54, 1.807) is 0 Å².